The molecule has 0 aromatic rings. The first-order valence-electron chi connectivity index (χ1n) is 7.17. The van der Waals surface area contributed by atoms with Crippen LogP contribution in [0.15, 0.2) is 0 Å². The Morgan fingerprint density at radius 2 is 1.94 bits per heavy atom. The van der Waals surface area contributed by atoms with E-state index in [0.717, 1.165) is 6.54 Å². The summed E-state index contributed by atoms with van der Waals surface area (Å²) < 4.78 is 0. The average Bonchev–Trinajstić information content (AvgIpc) is 2.36. The fourth-order valence-corrected chi connectivity index (χ4v) is 3.32. The van der Waals surface area contributed by atoms with Crippen molar-refractivity contribution in [2.24, 2.45) is 11.1 Å². The first kappa shape index (κ1) is 15.3. The van der Waals surface area contributed by atoms with Crippen LogP contribution in [0.25, 0.3) is 0 Å². The van der Waals surface area contributed by atoms with Crippen molar-refractivity contribution in [3.8, 4) is 0 Å². The largest absolute Gasteiger partial charge is 0.329 e. The fraction of sp³-hybridized carbons (Fsp3) is 1.00. The molecule has 1 heterocycles. The second-order valence-electron chi connectivity index (χ2n) is 5.58. The molecule has 1 fully saturated rings. The molecule has 0 radical (unpaired) electrons. The number of nitrogens with zero attached hydrogens (tertiary/aromatic N) is 1. The van der Waals surface area contributed by atoms with Crippen molar-refractivity contribution in [2.75, 3.05) is 31.1 Å². The Morgan fingerprint density at radius 3 is 2.41 bits per heavy atom. The lowest BCUT2D eigenvalue weighted by atomic mass is 9.78. The third kappa shape index (κ3) is 4.80. The summed E-state index contributed by atoms with van der Waals surface area (Å²) >= 11 is 2.04. The summed E-state index contributed by atoms with van der Waals surface area (Å²) in [7, 11) is 0. The van der Waals surface area contributed by atoms with Gasteiger partial charge in [0.15, 0.2) is 0 Å². The number of thioether (sulfide) groups is 1. The minimum absolute atomic E-state index is 0.591. The summed E-state index contributed by atoms with van der Waals surface area (Å²) in [6.45, 7) is 10.3. The molecular weight excluding hydrogens is 228 g/mol. The molecule has 0 amide bonds. The summed E-state index contributed by atoms with van der Waals surface area (Å²) in [6.07, 6.45) is 5.28. The van der Waals surface area contributed by atoms with Gasteiger partial charge in [0.1, 0.15) is 0 Å². The van der Waals surface area contributed by atoms with Crippen molar-refractivity contribution in [3.05, 3.63) is 0 Å². The van der Waals surface area contributed by atoms with Gasteiger partial charge in [-0.3, -0.25) is 4.90 Å². The quantitative estimate of drug-likeness (QED) is 0.712. The Kier molecular flexibility index (Phi) is 6.90. The van der Waals surface area contributed by atoms with Gasteiger partial charge >= 0.3 is 0 Å². The van der Waals surface area contributed by atoms with Crippen LogP contribution in [-0.2, 0) is 0 Å². The van der Waals surface area contributed by atoms with Crippen molar-refractivity contribution in [2.45, 2.75) is 52.5 Å². The van der Waals surface area contributed by atoms with Gasteiger partial charge in [0.2, 0.25) is 0 Å². The highest BCUT2D eigenvalue weighted by atomic mass is 32.2. The van der Waals surface area contributed by atoms with E-state index in [1.807, 2.05) is 11.8 Å². The summed E-state index contributed by atoms with van der Waals surface area (Å²) in [5, 5.41) is 0. The molecule has 1 aliphatic heterocycles. The molecule has 2 nitrogen and oxygen atoms in total. The molecular formula is C14H30N2S. The second kappa shape index (κ2) is 7.65. The molecule has 102 valence electrons. The zero-order valence-electron chi connectivity index (χ0n) is 11.9. The van der Waals surface area contributed by atoms with Crippen LogP contribution in [0, 0.1) is 5.41 Å². The Morgan fingerprint density at radius 1 is 1.29 bits per heavy atom. The lowest BCUT2D eigenvalue weighted by Gasteiger charge is -2.42. The van der Waals surface area contributed by atoms with Gasteiger partial charge in [0.25, 0.3) is 0 Å². The predicted octanol–water partition coefficient (Wildman–Crippen LogP) is 2.97. The number of piperidine rings is 1. The van der Waals surface area contributed by atoms with Crippen LogP contribution >= 0.6 is 11.8 Å². The summed E-state index contributed by atoms with van der Waals surface area (Å²) in [5.41, 5.74) is 6.53. The number of rotatable bonds is 7. The molecule has 0 aromatic heterocycles. The summed E-state index contributed by atoms with van der Waals surface area (Å²) in [4.78, 5) is 2.63. The highest BCUT2D eigenvalue weighted by Crippen LogP contribution is 2.34. The minimum Gasteiger partial charge on any atom is -0.329 e. The Hall–Kier alpha value is 0.270. The van der Waals surface area contributed by atoms with Crippen molar-refractivity contribution >= 4 is 11.8 Å². The SMILES string of the molecule is CCSCCC(CN)N1CCC(C)(CC)CC1. The minimum atomic E-state index is 0.591. The van der Waals surface area contributed by atoms with E-state index in [1.165, 1.54) is 50.3 Å². The highest BCUT2D eigenvalue weighted by Gasteiger charge is 2.30. The zero-order valence-corrected chi connectivity index (χ0v) is 12.7. The van der Waals surface area contributed by atoms with Gasteiger partial charge in [-0.25, -0.2) is 0 Å². The Balaban J connectivity index is 2.34. The highest BCUT2D eigenvalue weighted by molar-refractivity contribution is 7.99. The average molecular weight is 258 g/mol. The summed E-state index contributed by atoms with van der Waals surface area (Å²) in [6, 6.07) is 0.621. The van der Waals surface area contributed by atoms with Crippen LogP contribution < -0.4 is 5.73 Å². The van der Waals surface area contributed by atoms with E-state index >= 15 is 0 Å². The molecule has 1 saturated heterocycles. The molecule has 1 unspecified atom stereocenters. The van der Waals surface area contributed by atoms with Crippen LogP contribution in [0.2, 0.25) is 0 Å². The predicted molar refractivity (Wildman–Crippen MR) is 79.7 cm³/mol. The van der Waals surface area contributed by atoms with Crippen LogP contribution in [0.3, 0.4) is 0 Å². The van der Waals surface area contributed by atoms with Crippen LogP contribution in [0.1, 0.15) is 46.5 Å². The molecule has 0 saturated carbocycles. The third-order valence-corrected chi connectivity index (χ3v) is 5.38. The van der Waals surface area contributed by atoms with Crippen LogP contribution in [0.4, 0.5) is 0 Å². The third-order valence-electron chi connectivity index (χ3n) is 4.45. The summed E-state index contributed by atoms with van der Waals surface area (Å²) in [5.74, 6) is 2.49. The Labute approximate surface area is 112 Å². The molecule has 3 heteroatoms. The molecule has 17 heavy (non-hydrogen) atoms. The van der Waals surface area contributed by atoms with Crippen molar-refractivity contribution in [1.29, 1.82) is 0 Å². The van der Waals surface area contributed by atoms with E-state index in [1.54, 1.807) is 0 Å². The van der Waals surface area contributed by atoms with Crippen LogP contribution in [0.5, 0.6) is 0 Å². The molecule has 0 aliphatic carbocycles. The van der Waals surface area contributed by atoms with Crippen LogP contribution in [-0.4, -0.2) is 42.1 Å². The van der Waals surface area contributed by atoms with Crippen molar-refractivity contribution < 1.29 is 0 Å². The molecule has 1 aliphatic rings. The van der Waals surface area contributed by atoms with E-state index in [9.17, 15) is 0 Å². The maximum atomic E-state index is 5.94. The van der Waals surface area contributed by atoms with Gasteiger partial charge < -0.3 is 5.73 Å². The monoisotopic (exact) mass is 258 g/mol. The molecule has 0 bridgehead atoms. The van der Waals surface area contributed by atoms with Gasteiger partial charge in [-0.1, -0.05) is 27.2 Å². The second-order valence-corrected chi connectivity index (χ2v) is 6.97. The number of nitrogens with two attached hydrogens (primary N) is 1. The smallest absolute Gasteiger partial charge is 0.0226 e. The first-order chi connectivity index (χ1) is 8.15. The number of likely N-dealkylation sites (tertiary alicyclic amines) is 1. The molecule has 2 N–H and O–H groups in total. The lowest BCUT2D eigenvalue weighted by Crippen LogP contribution is -2.47. The fourth-order valence-electron chi connectivity index (χ4n) is 2.60. The van der Waals surface area contributed by atoms with E-state index in [0.29, 0.717) is 11.5 Å². The van der Waals surface area contributed by atoms with Gasteiger partial charge in [-0.2, -0.15) is 11.8 Å². The molecule has 0 aromatic carbocycles. The van der Waals surface area contributed by atoms with E-state index in [2.05, 4.69) is 25.7 Å². The van der Waals surface area contributed by atoms with E-state index in [4.69, 9.17) is 5.73 Å². The normalized spacial score (nSPS) is 22.6. The topological polar surface area (TPSA) is 29.3 Å². The van der Waals surface area contributed by atoms with E-state index < -0.39 is 0 Å². The molecule has 1 rings (SSSR count). The van der Waals surface area contributed by atoms with Gasteiger partial charge in [-0.05, 0) is 49.3 Å². The molecule has 1 atom stereocenters. The first-order valence-corrected chi connectivity index (χ1v) is 8.32. The Bertz CT molecular complexity index is 200. The lowest BCUT2D eigenvalue weighted by molar-refractivity contribution is 0.0820. The maximum Gasteiger partial charge on any atom is 0.0226 e. The van der Waals surface area contributed by atoms with Gasteiger partial charge in [0, 0.05) is 12.6 Å². The standard InChI is InChI=1S/C14H30N2S/c1-4-14(3)7-9-16(10-8-14)13(12-15)6-11-17-5-2/h13H,4-12,15H2,1-3H3. The van der Waals surface area contributed by atoms with Crippen molar-refractivity contribution in [3.63, 3.8) is 0 Å². The van der Waals surface area contributed by atoms with E-state index in [-0.39, 0.29) is 0 Å². The number of hydrogen-bond acceptors (Lipinski definition) is 3. The number of hydrogen-bond donors (Lipinski definition) is 1. The molecule has 0 spiro atoms. The van der Waals surface area contributed by atoms with Crippen molar-refractivity contribution in [1.82, 2.24) is 4.90 Å². The zero-order chi connectivity index (χ0) is 12.7. The maximum absolute atomic E-state index is 5.94. The van der Waals surface area contributed by atoms with Gasteiger partial charge in [0.05, 0.1) is 0 Å². The van der Waals surface area contributed by atoms with Gasteiger partial charge in [-0.15, -0.1) is 0 Å².